The summed E-state index contributed by atoms with van der Waals surface area (Å²) < 4.78 is 39.0. The van der Waals surface area contributed by atoms with Crippen LogP contribution in [-0.4, -0.2) is 16.6 Å². The summed E-state index contributed by atoms with van der Waals surface area (Å²) in [5, 5.41) is 11.2. The molecule has 1 aliphatic heterocycles. The van der Waals surface area contributed by atoms with Gasteiger partial charge in [0.15, 0.2) is 5.78 Å². The van der Waals surface area contributed by atoms with Gasteiger partial charge >= 0.3 is 6.18 Å². The van der Waals surface area contributed by atoms with Crippen molar-refractivity contribution in [3.63, 3.8) is 0 Å². The minimum Gasteiger partial charge on any atom is -0.294 e. The third-order valence-electron chi connectivity index (χ3n) is 6.08. The summed E-state index contributed by atoms with van der Waals surface area (Å²) in [6, 6.07) is 10.1. The van der Waals surface area contributed by atoms with Crippen LogP contribution in [0.15, 0.2) is 59.8 Å². The number of nitro groups is 1. The van der Waals surface area contributed by atoms with Crippen LogP contribution in [-0.2, 0) is 15.8 Å². The molecule has 4 rings (SSSR count). The second-order valence-corrected chi connectivity index (χ2v) is 9.18. The van der Waals surface area contributed by atoms with Crippen LogP contribution in [0.4, 0.5) is 24.5 Å². The number of carbonyl (C=O) groups excluding carboxylic acids is 2. The smallest absolute Gasteiger partial charge is 0.294 e. The Kier molecular flexibility index (Phi) is 5.38. The molecular formula is C24H21F3N2O4. The van der Waals surface area contributed by atoms with Gasteiger partial charge in [0.2, 0.25) is 5.91 Å². The Morgan fingerprint density at radius 1 is 1.06 bits per heavy atom. The summed E-state index contributed by atoms with van der Waals surface area (Å²) in [4.78, 5) is 38.5. The first-order chi connectivity index (χ1) is 15.4. The standard InChI is InChI=1S/C24H21F3N2O4/c1-23(2)12-19-22(20(30)13-23)18(14-4-3-5-17(10-14)29(32)33)11-21(31)28(19)16-8-6-15(7-9-16)24(25,26)27/h3-10,18H,11-13H2,1-2H3. The van der Waals surface area contributed by atoms with Crippen molar-refractivity contribution in [1.82, 2.24) is 0 Å². The normalized spacial score (nSPS) is 20.6. The molecule has 0 aromatic heterocycles. The minimum atomic E-state index is -4.51. The number of allylic oxidation sites excluding steroid dienone is 2. The number of rotatable bonds is 3. The van der Waals surface area contributed by atoms with Crippen LogP contribution in [0.5, 0.6) is 0 Å². The van der Waals surface area contributed by atoms with Crippen molar-refractivity contribution < 1.29 is 27.7 Å². The quantitative estimate of drug-likeness (QED) is 0.432. The van der Waals surface area contributed by atoms with E-state index in [0.717, 1.165) is 12.1 Å². The fraction of sp³-hybridized carbons (Fsp3) is 0.333. The van der Waals surface area contributed by atoms with E-state index in [1.807, 2.05) is 13.8 Å². The molecule has 0 N–H and O–H groups in total. The fourth-order valence-corrected chi connectivity index (χ4v) is 4.65. The van der Waals surface area contributed by atoms with Gasteiger partial charge in [0.05, 0.1) is 10.5 Å². The van der Waals surface area contributed by atoms with Crippen LogP contribution in [0.3, 0.4) is 0 Å². The van der Waals surface area contributed by atoms with Crippen LogP contribution in [0.1, 0.15) is 50.2 Å². The van der Waals surface area contributed by atoms with Gasteiger partial charge in [-0.2, -0.15) is 13.2 Å². The van der Waals surface area contributed by atoms with Gasteiger partial charge in [-0.1, -0.05) is 26.0 Å². The fourth-order valence-electron chi connectivity index (χ4n) is 4.65. The summed E-state index contributed by atoms with van der Waals surface area (Å²) in [5.74, 6) is -1.20. The average molecular weight is 458 g/mol. The van der Waals surface area contributed by atoms with E-state index in [4.69, 9.17) is 0 Å². The molecule has 2 aliphatic rings. The first-order valence-corrected chi connectivity index (χ1v) is 10.4. The molecule has 1 heterocycles. The average Bonchev–Trinajstić information content (AvgIpc) is 2.71. The number of hydrogen-bond donors (Lipinski definition) is 0. The van der Waals surface area contributed by atoms with Gasteiger partial charge < -0.3 is 0 Å². The topological polar surface area (TPSA) is 80.5 Å². The van der Waals surface area contributed by atoms with Crippen LogP contribution < -0.4 is 4.90 Å². The summed E-state index contributed by atoms with van der Waals surface area (Å²) >= 11 is 0. The van der Waals surface area contributed by atoms with E-state index in [9.17, 15) is 32.9 Å². The zero-order valence-corrected chi connectivity index (χ0v) is 18.0. The first-order valence-electron chi connectivity index (χ1n) is 10.4. The minimum absolute atomic E-state index is 0.118. The van der Waals surface area contributed by atoms with Crippen LogP contribution in [0, 0.1) is 15.5 Å². The molecule has 2 aromatic rings. The van der Waals surface area contributed by atoms with Crippen LogP contribution >= 0.6 is 0 Å². The second-order valence-electron chi connectivity index (χ2n) is 9.18. The highest BCUT2D eigenvalue weighted by Crippen LogP contribution is 2.48. The Bertz CT molecular complexity index is 1180. The van der Waals surface area contributed by atoms with E-state index in [0.29, 0.717) is 23.3 Å². The number of non-ortho nitro benzene ring substituents is 1. The zero-order chi connectivity index (χ0) is 24.1. The number of benzene rings is 2. The summed E-state index contributed by atoms with van der Waals surface area (Å²) in [7, 11) is 0. The molecule has 1 atom stereocenters. The molecule has 9 heteroatoms. The maximum atomic E-state index is 13.3. The van der Waals surface area contributed by atoms with E-state index in [2.05, 4.69) is 0 Å². The highest BCUT2D eigenvalue weighted by molar-refractivity contribution is 6.07. The first kappa shape index (κ1) is 22.7. The van der Waals surface area contributed by atoms with Gasteiger partial charge in [-0.25, -0.2) is 0 Å². The SMILES string of the molecule is CC1(C)CC(=O)C2=C(C1)N(c1ccc(C(F)(F)F)cc1)C(=O)CC2c1cccc([N+](=O)[O-])c1. The lowest BCUT2D eigenvalue weighted by atomic mass is 9.69. The maximum Gasteiger partial charge on any atom is 0.416 e. The number of anilines is 1. The predicted molar refractivity (Wildman–Crippen MR) is 114 cm³/mol. The van der Waals surface area contributed by atoms with Gasteiger partial charge in [0, 0.05) is 47.8 Å². The van der Waals surface area contributed by atoms with Crippen molar-refractivity contribution >= 4 is 23.1 Å². The van der Waals surface area contributed by atoms with Crippen molar-refractivity contribution in [3.05, 3.63) is 81.0 Å². The van der Waals surface area contributed by atoms with E-state index in [1.54, 1.807) is 6.07 Å². The van der Waals surface area contributed by atoms with Crippen molar-refractivity contribution in [2.45, 2.75) is 45.2 Å². The number of carbonyl (C=O) groups is 2. The number of nitro benzene ring substituents is 1. The molecule has 0 radical (unpaired) electrons. The zero-order valence-electron chi connectivity index (χ0n) is 18.0. The maximum absolute atomic E-state index is 13.3. The van der Waals surface area contributed by atoms with Gasteiger partial charge in [-0.15, -0.1) is 0 Å². The molecule has 0 bridgehead atoms. The molecule has 33 heavy (non-hydrogen) atoms. The van der Waals surface area contributed by atoms with E-state index in [-0.39, 0.29) is 35.9 Å². The molecule has 0 fully saturated rings. The highest BCUT2D eigenvalue weighted by atomic mass is 19.4. The molecular weight excluding hydrogens is 437 g/mol. The van der Waals surface area contributed by atoms with Crippen molar-refractivity contribution in [2.75, 3.05) is 4.90 Å². The third-order valence-corrected chi connectivity index (χ3v) is 6.08. The van der Waals surface area contributed by atoms with Crippen molar-refractivity contribution in [1.29, 1.82) is 0 Å². The third kappa shape index (κ3) is 4.27. The second kappa shape index (κ2) is 7.83. The molecule has 2 aromatic carbocycles. The Morgan fingerprint density at radius 3 is 2.33 bits per heavy atom. The lowest BCUT2D eigenvalue weighted by Gasteiger charge is -2.43. The molecule has 1 aliphatic carbocycles. The molecule has 172 valence electrons. The Hall–Kier alpha value is -3.49. The Labute approximate surface area is 187 Å². The molecule has 1 amide bonds. The Morgan fingerprint density at radius 2 is 1.73 bits per heavy atom. The molecule has 1 unspecified atom stereocenters. The number of amides is 1. The number of hydrogen-bond acceptors (Lipinski definition) is 4. The largest absolute Gasteiger partial charge is 0.416 e. The highest BCUT2D eigenvalue weighted by Gasteiger charge is 2.44. The molecule has 6 nitrogen and oxygen atoms in total. The van der Waals surface area contributed by atoms with Crippen LogP contribution in [0.2, 0.25) is 0 Å². The number of nitrogens with zero attached hydrogens (tertiary/aromatic N) is 2. The summed E-state index contributed by atoms with van der Waals surface area (Å²) in [6.45, 7) is 3.78. The molecule has 0 spiro atoms. The summed E-state index contributed by atoms with van der Waals surface area (Å²) in [5.41, 5.74) is 0.160. The lowest BCUT2D eigenvalue weighted by molar-refractivity contribution is -0.384. The van der Waals surface area contributed by atoms with E-state index < -0.39 is 28.0 Å². The molecule has 0 saturated heterocycles. The predicted octanol–water partition coefficient (Wildman–Crippen LogP) is 5.78. The number of halogens is 3. The van der Waals surface area contributed by atoms with E-state index in [1.165, 1.54) is 35.2 Å². The van der Waals surface area contributed by atoms with Gasteiger partial charge in [0.25, 0.3) is 5.69 Å². The summed E-state index contributed by atoms with van der Waals surface area (Å²) in [6.07, 6.45) is -4.02. The number of Topliss-reactive ketones (excluding diaryl/α,β-unsaturated/α-hetero) is 1. The number of ketones is 1. The lowest BCUT2D eigenvalue weighted by Crippen LogP contribution is -2.43. The van der Waals surface area contributed by atoms with Crippen molar-refractivity contribution in [3.8, 4) is 0 Å². The number of alkyl halides is 3. The van der Waals surface area contributed by atoms with Gasteiger partial charge in [-0.3, -0.25) is 24.6 Å². The van der Waals surface area contributed by atoms with Gasteiger partial charge in [-0.05, 0) is 41.7 Å². The molecule has 0 saturated carbocycles. The monoisotopic (exact) mass is 458 g/mol. The van der Waals surface area contributed by atoms with Crippen molar-refractivity contribution in [2.24, 2.45) is 5.41 Å². The van der Waals surface area contributed by atoms with Gasteiger partial charge in [0.1, 0.15) is 0 Å². The van der Waals surface area contributed by atoms with E-state index >= 15 is 0 Å². The van der Waals surface area contributed by atoms with Crippen LogP contribution in [0.25, 0.3) is 0 Å². The Balaban J connectivity index is 1.85.